The smallest absolute Gasteiger partial charge is 0.348 e. The molecular weight excluding hydrogens is 357 g/mol. The molecule has 5 nitrogen and oxygen atoms in total. The maximum atomic E-state index is 11.9. The van der Waals surface area contributed by atoms with Gasteiger partial charge in [0.25, 0.3) is 0 Å². The number of anilines is 2. The number of thiophene rings is 1. The highest BCUT2D eigenvalue weighted by molar-refractivity contribution is 7.20. The van der Waals surface area contributed by atoms with Crippen LogP contribution in [0.2, 0.25) is 10.0 Å². The van der Waals surface area contributed by atoms with Crippen LogP contribution >= 0.6 is 34.5 Å². The Morgan fingerprint density at radius 3 is 2.61 bits per heavy atom. The number of para-hydroxylation sites is 1. The second-order valence-electron chi connectivity index (χ2n) is 4.67. The molecule has 0 saturated carbocycles. The Balaban J connectivity index is 2.15. The summed E-state index contributed by atoms with van der Waals surface area (Å²) in [4.78, 5) is 21.5. The molecule has 0 radical (unpaired) electrons. The monoisotopic (exact) mass is 367 g/mol. The van der Waals surface area contributed by atoms with Crippen LogP contribution in [0.15, 0.2) is 24.5 Å². The Kier molecular flexibility index (Phi) is 4.39. The van der Waals surface area contributed by atoms with E-state index >= 15 is 0 Å². The van der Waals surface area contributed by atoms with E-state index in [9.17, 15) is 4.79 Å². The number of rotatable bonds is 3. The number of nitrogens with one attached hydrogen (secondary N) is 1. The predicted molar refractivity (Wildman–Crippen MR) is 93.2 cm³/mol. The standard InChI is InChI=1S/C15H11Cl2N3O2S/c1-7-10-13(20-11-8(16)4-3-5-9(11)17)18-6-19-14(10)23-12(7)15(21)22-2/h3-6H,1-2H3,(H,18,19,20). The second kappa shape index (κ2) is 6.31. The van der Waals surface area contributed by atoms with Gasteiger partial charge < -0.3 is 10.1 Å². The first-order valence-electron chi connectivity index (χ1n) is 6.56. The minimum atomic E-state index is -0.396. The van der Waals surface area contributed by atoms with Gasteiger partial charge in [-0.1, -0.05) is 29.3 Å². The Morgan fingerprint density at radius 1 is 1.26 bits per heavy atom. The molecule has 23 heavy (non-hydrogen) atoms. The Bertz CT molecular complexity index is 891. The van der Waals surface area contributed by atoms with Crippen molar-refractivity contribution in [3.8, 4) is 0 Å². The van der Waals surface area contributed by atoms with Crippen molar-refractivity contribution in [1.82, 2.24) is 9.97 Å². The third-order valence-corrected chi connectivity index (χ3v) is 5.11. The number of aryl methyl sites for hydroxylation is 1. The number of benzene rings is 1. The largest absolute Gasteiger partial charge is 0.465 e. The van der Waals surface area contributed by atoms with Gasteiger partial charge in [0.1, 0.15) is 21.9 Å². The van der Waals surface area contributed by atoms with Crippen molar-refractivity contribution in [3.05, 3.63) is 45.0 Å². The molecule has 0 aliphatic rings. The first-order valence-corrected chi connectivity index (χ1v) is 8.13. The zero-order chi connectivity index (χ0) is 16.6. The van der Waals surface area contributed by atoms with Gasteiger partial charge in [-0.05, 0) is 24.6 Å². The van der Waals surface area contributed by atoms with Crippen molar-refractivity contribution in [2.45, 2.75) is 6.92 Å². The quantitative estimate of drug-likeness (QED) is 0.671. The summed E-state index contributed by atoms with van der Waals surface area (Å²) in [6.45, 7) is 1.83. The Morgan fingerprint density at radius 2 is 1.96 bits per heavy atom. The lowest BCUT2D eigenvalue weighted by molar-refractivity contribution is 0.0605. The van der Waals surface area contributed by atoms with Gasteiger partial charge in [-0.3, -0.25) is 0 Å². The molecule has 3 aromatic rings. The van der Waals surface area contributed by atoms with Crippen molar-refractivity contribution in [1.29, 1.82) is 0 Å². The van der Waals surface area contributed by atoms with E-state index in [0.717, 1.165) is 10.9 Å². The van der Waals surface area contributed by atoms with E-state index in [1.54, 1.807) is 18.2 Å². The van der Waals surface area contributed by atoms with Gasteiger partial charge in [0, 0.05) is 0 Å². The number of hydrogen-bond acceptors (Lipinski definition) is 6. The van der Waals surface area contributed by atoms with E-state index in [-0.39, 0.29) is 0 Å². The van der Waals surface area contributed by atoms with Gasteiger partial charge in [0.2, 0.25) is 0 Å². The number of carbonyl (C=O) groups excluding carboxylic acids is 1. The highest BCUT2D eigenvalue weighted by Crippen LogP contribution is 2.37. The van der Waals surface area contributed by atoms with E-state index in [1.807, 2.05) is 6.92 Å². The average molecular weight is 368 g/mol. The summed E-state index contributed by atoms with van der Waals surface area (Å²) in [6.07, 6.45) is 1.42. The molecule has 1 N–H and O–H groups in total. The minimum absolute atomic E-state index is 0.396. The molecule has 0 fully saturated rings. The van der Waals surface area contributed by atoms with Gasteiger partial charge in [-0.2, -0.15) is 0 Å². The molecule has 2 heterocycles. The summed E-state index contributed by atoms with van der Waals surface area (Å²) >= 11 is 13.6. The predicted octanol–water partition coefficient (Wildman–Crippen LogP) is 4.84. The van der Waals surface area contributed by atoms with Gasteiger partial charge in [-0.15, -0.1) is 11.3 Å². The van der Waals surface area contributed by atoms with Crippen LogP contribution in [0, 0.1) is 6.92 Å². The lowest BCUT2D eigenvalue weighted by atomic mass is 10.2. The molecule has 0 aliphatic heterocycles. The highest BCUT2D eigenvalue weighted by Gasteiger charge is 2.20. The third kappa shape index (κ3) is 2.85. The number of fused-ring (bicyclic) bond motifs is 1. The molecule has 0 bridgehead atoms. The molecule has 118 valence electrons. The fraction of sp³-hybridized carbons (Fsp3) is 0.133. The van der Waals surface area contributed by atoms with Gasteiger partial charge in [0.05, 0.1) is 28.2 Å². The Hall–Kier alpha value is -1.89. The zero-order valence-electron chi connectivity index (χ0n) is 12.2. The van der Waals surface area contributed by atoms with Crippen LogP contribution in [0.25, 0.3) is 10.2 Å². The van der Waals surface area contributed by atoms with Crippen LogP contribution in [0.3, 0.4) is 0 Å². The van der Waals surface area contributed by atoms with Gasteiger partial charge in [-0.25, -0.2) is 14.8 Å². The molecule has 1 aromatic carbocycles. The summed E-state index contributed by atoms with van der Waals surface area (Å²) in [7, 11) is 1.35. The lowest BCUT2D eigenvalue weighted by Crippen LogP contribution is -2.00. The fourth-order valence-corrected chi connectivity index (χ4v) is 3.75. The van der Waals surface area contributed by atoms with Crippen LogP contribution in [0.1, 0.15) is 15.2 Å². The van der Waals surface area contributed by atoms with Crippen LogP contribution < -0.4 is 5.32 Å². The van der Waals surface area contributed by atoms with Gasteiger partial charge >= 0.3 is 5.97 Å². The second-order valence-corrected chi connectivity index (χ2v) is 6.49. The van der Waals surface area contributed by atoms with E-state index in [0.29, 0.717) is 31.3 Å². The van der Waals surface area contributed by atoms with Crippen LogP contribution in [-0.2, 0) is 4.74 Å². The average Bonchev–Trinajstić information content (AvgIpc) is 2.88. The zero-order valence-corrected chi connectivity index (χ0v) is 14.5. The molecule has 0 amide bonds. The first-order chi connectivity index (χ1) is 11.0. The highest BCUT2D eigenvalue weighted by atomic mass is 35.5. The lowest BCUT2D eigenvalue weighted by Gasteiger charge is -2.10. The molecule has 0 aliphatic carbocycles. The molecule has 8 heteroatoms. The number of carbonyl (C=O) groups is 1. The summed E-state index contributed by atoms with van der Waals surface area (Å²) < 4.78 is 4.80. The molecule has 0 unspecified atom stereocenters. The molecule has 2 aromatic heterocycles. The fourth-order valence-electron chi connectivity index (χ4n) is 2.19. The van der Waals surface area contributed by atoms with Crippen LogP contribution in [-0.4, -0.2) is 23.0 Å². The SMILES string of the molecule is COC(=O)c1sc2ncnc(Nc3c(Cl)cccc3Cl)c2c1C. The number of halogens is 2. The third-order valence-electron chi connectivity index (χ3n) is 3.30. The Labute approximate surface area is 146 Å². The maximum absolute atomic E-state index is 11.9. The van der Waals surface area contributed by atoms with Crippen LogP contribution in [0.4, 0.5) is 11.5 Å². The number of ether oxygens (including phenoxy) is 1. The summed E-state index contributed by atoms with van der Waals surface area (Å²) in [5, 5.41) is 4.83. The minimum Gasteiger partial charge on any atom is -0.465 e. The maximum Gasteiger partial charge on any atom is 0.348 e. The van der Waals surface area contributed by atoms with Crippen molar-refractivity contribution < 1.29 is 9.53 Å². The first kappa shape index (κ1) is 16.0. The van der Waals surface area contributed by atoms with E-state index in [2.05, 4.69) is 15.3 Å². The molecule has 0 saturated heterocycles. The summed E-state index contributed by atoms with van der Waals surface area (Å²) in [5.74, 6) is 0.140. The summed E-state index contributed by atoms with van der Waals surface area (Å²) in [6, 6.07) is 5.22. The van der Waals surface area contributed by atoms with E-state index in [1.165, 1.54) is 24.8 Å². The molecule has 0 spiro atoms. The van der Waals surface area contributed by atoms with Gasteiger partial charge in [0.15, 0.2) is 0 Å². The van der Waals surface area contributed by atoms with Crippen molar-refractivity contribution in [2.75, 3.05) is 12.4 Å². The number of methoxy groups -OCH3 is 1. The molecule has 0 atom stereocenters. The molecule has 3 rings (SSSR count). The number of nitrogens with zero attached hydrogens (tertiary/aromatic N) is 2. The van der Waals surface area contributed by atoms with Crippen molar-refractivity contribution >= 4 is 62.2 Å². The van der Waals surface area contributed by atoms with Crippen molar-refractivity contribution in [3.63, 3.8) is 0 Å². The van der Waals surface area contributed by atoms with E-state index in [4.69, 9.17) is 27.9 Å². The number of esters is 1. The van der Waals surface area contributed by atoms with Crippen molar-refractivity contribution in [2.24, 2.45) is 0 Å². The topological polar surface area (TPSA) is 64.1 Å². The molecular formula is C15H11Cl2N3O2S. The van der Waals surface area contributed by atoms with Crippen LogP contribution in [0.5, 0.6) is 0 Å². The normalized spacial score (nSPS) is 10.8. The number of hydrogen-bond donors (Lipinski definition) is 1. The number of aromatic nitrogens is 2. The van der Waals surface area contributed by atoms with E-state index < -0.39 is 5.97 Å². The summed E-state index contributed by atoms with van der Waals surface area (Å²) in [5.41, 5.74) is 1.31.